The molecule has 23 heavy (non-hydrogen) atoms. The van der Waals surface area contributed by atoms with Gasteiger partial charge in [0, 0.05) is 25.7 Å². The molecule has 2 fully saturated rings. The van der Waals surface area contributed by atoms with E-state index in [9.17, 15) is 4.79 Å². The Morgan fingerprint density at radius 2 is 1.78 bits per heavy atom. The van der Waals surface area contributed by atoms with Gasteiger partial charge in [0.2, 0.25) is 0 Å². The highest BCUT2D eigenvalue weighted by molar-refractivity contribution is 5.67. The average Bonchev–Trinajstić information content (AvgIpc) is 3.14. The number of ether oxygens (including phenoxy) is 1. The molecule has 1 aromatic rings. The monoisotopic (exact) mass is 316 g/mol. The van der Waals surface area contributed by atoms with Crippen molar-refractivity contribution >= 4 is 6.09 Å². The van der Waals surface area contributed by atoms with Crippen molar-refractivity contribution in [2.45, 2.75) is 51.1 Å². The van der Waals surface area contributed by atoms with Crippen LogP contribution in [-0.2, 0) is 11.3 Å². The number of hydrogen-bond acceptors (Lipinski definition) is 3. The van der Waals surface area contributed by atoms with Gasteiger partial charge in [0.1, 0.15) is 0 Å². The molecule has 1 N–H and O–H groups in total. The first-order chi connectivity index (χ1) is 11.3. The normalized spacial score (nSPS) is 24.6. The largest absolute Gasteiger partial charge is 0.449 e. The Labute approximate surface area is 139 Å². The predicted octanol–water partition coefficient (Wildman–Crippen LogP) is 3.57. The minimum atomic E-state index is -0.105. The van der Waals surface area contributed by atoms with Crippen LogP contribution < -0.4 is 5.32 Å². The summed E-state index contributed by atoms with van der Waals surface area (Å²) in [5.41, 5.74) is 1.34. The van der Waals surface area contributed by atoms with Crippen LogP contribution in [0.5, 0.6) is 0 Å². The van der Waals surface area contributed by atoms with E-state index in [0.29, 0.717) is 18.6 Å². The van der Waals surface area contributed by atoms with Crippen LogP contribution in [0.3, 0.4) is 0 Å². The molecule has 1 aliphatic heterocycles. The molecule has 0 atom stereocenters. The summed E-state index contributed by atoms with van der Waals surface area (Å²) in [5.74, 6) is 0.538. The summed E-state index contributed by atoms with van der Waals surface area (Å²) in [6.45, 7) is 3.28. The van der Waals surface area contributed by atoms with Crippen molar-refractivity contribution < 1.29 is 9.53 Å². The molecule has 0 unspecified atom stereocenters. The number of nitrogens with one attached hydrogen (secondary N) is 1. The van der Waals surface area contributed by atoms with Gasteiger partial charge in [-0.3, -0.25) is 0 Å². The molecule has 1 aromatic carbocycles. The standard InChI is InChI=1S/C19H28N2O2/c22-19(21-12-4-5-13-21)23-15-17-8-10-18(11-9-17)20-14-16-6-2-1-3-7-16/h1-3,6-7,17-18,20H,4-5,8-15H2. The first-order valence-electron chi connectivity index (χ1n) is 9.00. The van der Waals surface area contributed by atoms with E-state index in [1.165, 1.54) is 18.4 Å². The van der Waals surface area contributed by atoms with Crippen LogP contribution in [0.1, 0.15) is 44.1 Å². The highest BCUT2D eigenvalue weighted by Gasteiger charge is 2.24. The highest BCUT2D eigenvalue weighted by atomic mass is 16.6. The van der Waals surface area contributed by atoms with E-state index in [2.05, 4.69) is 35.6 Å². The number of hydrogen-bond donors (Lipinski definition) is 1. The number of rotatable bonds is 5. The minimum Gasteiger partial charge on any atom is -0.449 e. The molecule has 1 saturated heterocycles. The zero-order chi connectivity index (χ0) is 15.9. The van der Waals surface area contributed by atoms with Crippen molar-refractivity contribution in [3.05, 3.63) is 35.9 Å². The fraction of sp³-hybridized carbons (Fsp3) is 0.632. The summed E-state index contributed by atoms with van der Waals surface area (Å²) in [4.78, 5) is 13.7. The molecule has 4 nitrogen and oxygen atoms in total. The number of carbonyl (C=O) groups is 1. The van der Waals surface area contributed by atoms with Gasteiger partial charge in [0.25, 0.3) is 0 Å². The van der Waals surface area contributed by atoms with Crippen LogP contribution in [0.2, 0.25) is 0 Å². The SMILES string of the molecule is O=C(OCC1CCC(NCc2ccccc2)CC1)N1CCCC1. The summed E-state index contributed by atoms with van der Waals surface area (Å²) in [5, 5.41) is 3.65. The molecule has 1 amide bonds. The van der Waals surface area contributed by atoms with E-state index in [4.69, 9.17) is 4.74 Å². The molecule has 0 aromatic heterocycles. The molecule has 3 rings (SSSR count). The quantitative estimate of drug-likeness (QED) is 0.903. The van der Waals surface area contributed by atoms with Crippen molar-refractivity contribution in [2.75, 3.05) is 19.7 Å². The van der Waals surface area contributed by atoms with Crippen molar-refractivity contribution in [1.29, 1.82) is 0 Å². The number of likely N-dealkylation sites (tertiary alicyclic amines) is 1. The van der Waals surface area contributed by atoms with Crippen molar-refractivity contribution in [3.8, 4) is 0 Å². The number of benzene rings is 1. The highest BCUT2D eigenvalue weighted by Crippen LogP contribution is 2.25. The van der Waals surface area contributed by atoms with E-state index in [1.54, 1.807) is 0 Å². The second-order valence-corrected chi connectivity index (χ2v) is 6.86. The first kappa shape index (κ1) is 16.3. The van der Waals surface area contributed by atoms with E-state index in [-0.39, 0.29) is 6.09 Å². The van der Waals surface area contributed by atoms with Gasteiger partial charge in [-0.25, -0.2) is 4.79 Å². The van der Waals surface area contributed by atoms with Crippen molar-refractivity contribution in [2.24, 2.45) is 5.92 Å². The fourth-order valence-corrected chi connectivity index (χ4v) is 3.57. The lowest BCUT2D eigenvalue weighted by molar-refractivity contribution is 0.0841. The Kier molecular flexibility index (Phi) is 5.92. The molecular formula is C19H28N2O2. The minimum absolute atomic E-state index is 0.105. The van der Waals surface area contributed by atoms with Gasteiger partial charge in [-0.05, 0) is 50.0 Å². The lowest BCUT2D eigenvalue weighted by Crippen LogP contribution is -2.35. The topological polar surface area (TPSA) is 41.6 Å². The summed E-state index contributed by atoms with van der Waals surface area (Å²) in [6, 6.07) is 11.1. The second kappa shape index (κ2) is 8.34. The van der Waals surface area contributed by atoms with Crippen molar-refractivity contribution in [1.82, 2.24) is 10.2 Å². The van der Waals surface area contributed by atoms with Crippen LogP contribution in [-0.4, -0.2) is 36.7 Å². The van der Waals surface area contributed by atoms with Gasteiger partial charge in [0.05, 0.1) is 6.61 Å². The van der Waals surface area contributed by atoms with E-state index in [1.807, 2.05) is 4.90 Å². The molecular weight excluding hydrogens is 288 g/mol. The van der Waals surface area contributed by atoms with Crippen LogP contribution in [0.15, 0.2) is 30.3 Å². The van der Waals surface area contributed by atoms with Crippen LogP contribution >= 0.6 is 0 Å². The third-order valence-electron chi connectivity index (χ3n) is 5.09. The molecule has 126 valence electrons. The van der Waals surface area contributed by atoms with Crippen LogP contribution in [0.25, 0.3) is 0 Å². The van der Waals surface area contributed by atoms with Gasteiger partial charge in [-0.15, -0.1) is 0 Å². The zero-order valence-corrected chi connectivity index (χ0v) is 13.9. The van der Waals surface area contributed by atoms with E-state index >= 15 is 0 Å². The van der Waals surface area contributed by atoms with Crippen LogP contribution in [0.4, 0.5) is 4.79 Å². The molecule has 0 spiro atoms. The Morgan fingerprint density at radius 3 is 2.48 bits per heavy atom. The smallest absolute Gasteiger partial charge is 0.409 e. The van der Waals surface area contributed by atoms with Gasteiger partial charge in [-0.2, -0.15) is 0 Å². The third-order valence-corrected chi connectivity index (χ3v) is 5.09. The Hall–Kier alpha value is -1.55. The number of nitrogens with zero attached hydrogens (tertiary/aromatic N) is 1. The van der Waals surface area contributed by atoms with E-state index in [0.717, 1.165) is 45.3 Å². The lowest BCUT2D eigenvalue weighted by atomic mass is 9.86. The molecule has 1 saturated carbocycles. The summed E-state index contributed by atoms with van der Waals surface area (Å²) in [7, 11) is 0. The van der Waals surface area contributed by atoms with Gasteiger partial charge < -0.3 is 15.0 Å². The zero-order valence-electron chi connectivity index (χ0n) is 13.9. The van der Waals surface area contributed by atoms with Gasteiger partial charge >= 0.3 is 6.09 Å². The second-order valence-electron chi connectivity index (χ2n) is 6.86. The number of amides is 1. The summed E-state index contributed by atoms with van der Waals surface area (Å²) >= 11 is 0. The maximum atomic E-state index is 11.9. The summed E-state index contributed by atoms with van der Waals surface area (Å²) < 4.78 is 5.50. The van der Waals surface area contributed by atoms with Crippen LogP contribution in [0, 0.1) is 5.92 Å². The Bertz CT molecular complexity index is 477. The first-order valence-corrected chi connectivity index (χ1v) is 9.00. The Balaban J connectivity index is 1.31. The molecule has 1 heterocycles. The maximum absolute atomic E-state index is 11.9. The number of carbonyl (C=O) groups excluding carboxylic acids is 1. The molecule has 1 aliphatic carbocycles. The summed E-state index contributed by atoms with van der Waals surface area (Å²) in [6.07, 6.45) is 6.80. The van der Waals surface area contributed by atoms with Crippen molar-refractivity contribution in [3.63, 3.8) is 0 Å². The molecule has 4 heteroatoms. The maximum Gasteiger partial charge on any atom is 0.409 e. The fourth-order valence-electron chi connectivity index (χ4n) is 3.57. The average molecular weight is 316 g/mol. The third kappa shape index (κ3) is 4.96. The van der Waals surface area contributed by atoms with Gasteiger partial charge in [0.15, 0.2) is 0 Å². The molecule has 0 radical (unpaired) electrons. The van der Waals surface area contributed by atoms with Gasteiger partial charge in [-0.1, -0.05) is 30.3 Å². The molecule has 0 bridgehead atoms. The predicted molar refractivity (Wildman–Crippen MR) is 91.2 cm³/mol. The van der Waals surface area contributed by atoms with E-state index < -0.39 is 0 Å². The lowest BCUT2D eigenvalue weighted by Gasteiger charge is -2.29. The Morgan fingerprint density at radius 1 is 1.09 bits per heavy atom. The molecule has 2 aliphatic rings.